The summed E-state index contributed by atoms with van der Waals surface area (Å²) in [5.41, 5.74) is 2.07. The van der Waals surface area contributed by atoms with Gasteiger partial charge in [-0.05, 0) is 29.8 Å². The van der Waals surface area contributed by atoms with Crippen molar-refractivity contribution in [1.82, 2.24) is 9.78 Å². The molecule has 0 saturated carbocycles. The summed E-state index contributed by atoms with van der Waals surface area (Å²) in [6.45, 7) is 7.69. The van der Waals surface area contributed by atoms with Gasteiger partial charge in [-0.15, -0.1) is 0 Å². The van der Waals surface area contributed by atoms with Crippen molar-refractivity contribution in [3.05, 3.63) is 72.1 Å². The number of anilines is 2. The molecule has 0 atom stereocenters. The van der Waals surface area contributed by atoms with Gasteiger partial charge in [0.25, 0.3) is 10.0 Å². The Bertz CT molecular complexity index is 1130. The minimum absolute atomic E-state index is 0.150. The smallest absolute Gasteiger partial charge is 0.265 e. The number of amides is 1. The lowest BCUT2D eigenvalue weighted by Crippen LogP contribution is -2.20. The molecule has 0 radical (unpaired) electrons. The van der Waals surface area contributed by atoms with Crippen molar-refractivity contribution in [3.8, 4) is 0 Å². The average molecular weight is 427 g/mol. The second-order valence-electron chi connectivity index (χ2n) is 8.14. The molecule has 0 aliphatic rings. The highest BCUT2D eigenvalue weighted by Gasteiger charge is 2.30. The van der Waals surface area contributed by atoms with Crippen molar-refractivity contribution in [2.45, 2.75) is 44.6 Å². The molecule has 30 heavy (non-hydrogen) atoms. The lowest BCUT2D eigenvalue weighted by Gasteiger charge is -2.18. The Morgan fingerprint density at radius 3 is 2.17 bits per heavy atom. The van der Waals surface area contributed by atoms with E-state index in [1.165, 1.54) is 6.92 Å². The number of benzene rings is 2. The van der Waals surface area contributed by atoms with Crippen molar-refractivity contribution in [3.63, 3.8) is 0 Å². The molecule has 0 spiro atoms. The maximum atomic E-state index is 13.2. The molecule has 2 aromatic carbocycles. The Balaban J connectivity index is 1.91. The fourth-order valence-electron chi connectivity index (χ4n) is 3.01. The third kappa shape index (κ3) is 5.27. The first-order chi connectivity index (χ1) is 14.0. The van der Waals surface area contributed by atoms with Crippen molar-refractivity contribution in [1.29, 1.82) is 0 Å². The summed E-state index contributed by atoms with van der Waals surface area (Å²) >= 11 is 0. The molecule has 7 nitrogen and oxygen atoms in total. The molecule has 2 N–H and O–H groups in total. The fourth-order valence-corrected chi connectivity index (χ4v) is 4.42. The van der Waals surface area contributed by atoms with Crippen LogP contribution in [0, 0.1) is 0 Å². The Hall–Kier alpha value is -3.13. The van der Waals surface area contributed by atoms with E-state index in [-0.39, 0.29) is 10.8 Å². The van der Waals surface area contributed by atoms with Crippen LogP contribution >= 0.6 is 0 Å². The van der Waals surface area contributed by atoms with Gasteiger partial charge >= 0.3 is 0 Å². The van der Waals surface area contributed by atoms with Gasteiger partial charge in [-0.1, -0.05) is 51.1 Å². The van der Waals surface area contributed by atoms with Crippen LogP contribution in [0.3, 0.4) is 0 Å². The molecule has 3 rings (SSSR count). The molecule has 158 valence electrons. The summed E-state index contributed by atoms with van der Waals surface area (Å²) < 4.78 is 30.6. The van der Waals surface area contributed by atoms with Crippen LogP contribution < -0.4 is 10.0 Å². The van der Waals surface area contributed by atoms with Gasteiger partial charge in [0.1, 0.15) is 4.90 Å². The van der Waals surface area contributed by atoms with E-state index in [1.807, 2.05) is 51.1 Å². The Kier molecular flexibility index (Phi) is 5.98. The minimum atomic E-state index is -3.86. The maximum absolute atomic E-state index is 13.2. The van der Waals surface area contributed by atoms with E-state index < -0.39 is 15.4 Å². The van der Waals surface area contributed by atoms with Crippen molar-refractivity contribution < 1.29 is 13.2 Å². The van der Waals surface area contributed by atoms with E-state index in [2.05, 4.69) is 15.1 Å². The van der Waals surface area contributed by atoms with Crippen LogP contribution in [0.5, 0.6) is 0 Å². The number of nitrogens with zero attached hydrogens (tertiary/aromatic N) is 2. The van der Waals surface area contributed by atoms with Crippen molar-refractivity contribution in [2.75, 3.05) is 10.0 Å². The SMILES string of the molecule is CC(=O)Nc1ccc(NS(=O)(=O)c2cn(Cc3ccccc3)nc2C(C)(C)C)cc1. The highest BCUT2D eigenvalue weighted by atomic mass is 32.2. The molecule has 3 aromatic rings. The van der Waals surface area contributed by atoms with Crippen LogP contribution in [0.1, 0.15) is 39.0 Å². The molecular weight excluding hydrogens is 400 g/mol. The summed E-state index contributed by atoms with van der Waals surface area (Å²) in [5.74, 6) is -0.191. The second kappa shape index (κ2) is 8.31. The minimum Gasteiger partial charge on any atom is -0.326 e. The van der Waals surface area contributed by atoms with E-state index in [4.69, 9.17) is 0 Å². The average Bonchev–Trinajstić information content (AvgIpc) is 3.09. The van der Waals surface area contributed by atoms with Gasteiger partial charge in [0, 0.05) is 29.9 Å². The Labute approximate surface area is 177 Å². The fraction of sp³-hybridized carbons (Fsp3) is 0.273. The molecule has 1 amide bonds. The molecule has 0 saturated heterocycles. The molecule has 0 unspecified atom stereocenters. The molecule has 1 aromatic heterocycles. The van der Waals surface area contributed by atoms with E-state index >= 15 is 0 Å². The monoisotopic (exact) mass is 426 g/mol. The zero-order valence-electron chi connectivity index (χ0n) is 17.5. The van der Waals surface area contributed by atoms with Gasteiger partial charge in [0.15, 0.2) is 0 Å². The van der Waals surface area contributed by atoms with E-state index in [0.29, 0.717) is 23.6 Å². The summed E-state index contributed by atoms with van der Waals surface area (Å²) in [7, 11) is -3.86. The van der Waals surface area contributed by atoms with Crippen molar-refractivity contribution >= 4 is 27.3 Å². The number of rotatable bonds is 6. The molecule has 0 bridgehead atoms. The van der Waals surface area contributed by atoms with Crippen LogP contribution in [0.25, 0.3) is 0 Å². The van der Waals surface area contributed by atoms with Crippen LogP contribution in [-0.2, 0) is 26.8 Å². The number of nitrogens with one attached hydrogen (secondary N) is 2. The highest BCUT2D eigenvalue weighted by Crippen LogP contribution is 2.29. The molecule has 0 fully saturated rings. The highest BCUT2D eigenvalue weighted by molar-refractivity contribution is 7.92. The standard InChI is InChI=1S/C22H26N4O3S/c1-16(27)23-18-10-12-19(13-11-18)25-30(28,29)20-15-26(24-21(20)22(2,3)4)14-17-8-6-5-7-9-17/h5-13,15,25H,14H2,1-4H3,(H,23,27). The number of carbonyl (C=O) groups excluding carboxylic acids is 1. The summed E-state index contributed by atoms with van der Waals surface area (Å²) in [4.78, 5) is 11.3. The third-order valence-electron chi connectivity index (χ3n) is 4.37. The summed E-state index contributed by atoms with van der Waals surface area (Å²) in [6, 6.07) is 16.3. The number of hydrogen-bond acceptors (Lipinski definition) is 4. The van der Waals surface area contributed by atoms with E-state index in [1.54, 1.807) is 35.1 Å². The predicted octanol–water partition coefficient (Wildman–Crippen LogP) is 3.99. The van der Waals surface area contributed by atoms with Crippen molar-refractivity contribution in [2.24, 2.45) is 0 Å². The van der Waals surface area contributed by atoms with E-state index in [9.17, 15) is 13.2 Å². The number of sulfonamides is 1. The van der Waals surface area contributed by atoms with E-state index in [0.717, 1.165) is 5.56 Å². The largest absolute Gasteiger partial charge is 0.326 e. The maximum Gasteiger partial charge on any atom is 0.265 e. The Morgan fingerprint density at radius 2 is 1.60 bits per heavy atom. The lowest BCUT2D eigenvalue weighted by molar-refractivity contribution is -0.114. The first-order valence-corrected chi connectivity index (χ1v) is 11.1. The van der Waals surface area contributed by atoms with Gasteiger partial charge in [0.05, 0.1) is 12.2 Å². The lowest BCUT2D eigenvalue weighted by atomic mass is 9.92. The first-order valence-electron chi connectivity index (χ1n) is 9.57. The second-order valence-corrected chi connectivity index (χ2v) is 9.79. The molecular formula is C22H26N4O3S. The first kappa shape index (κ1) is 21.6. The summed E-state index contributed by atoms with van der Waals surface area (Å²) in [6.07, 6.45) is 1.57. The zero-order chi connectivity index (χ0) is 21.9. The van der Waals surface area contributed by atoms with Gasteiger partial charge in [-0.3, -0.25) is 14.2 Å². The number of aromatic nitrogens is 2. The van der Waals surface area contributed by atoms with Gasteiger partial charge < -0.3 is 5.32 Å². The topological polar surface area (TPSA) is 93.1 Å². The molecule has 1 heterocycles. The van der Waals surface area contributed by atoms with Gasteiger partial charge in [-0.25, -0.2) is 8.42 Å². The van der Waals surface area contributed by atoms with Gasteiger partial charge in [-0.2, -0.15) is 5.10 Å². The third-order valence-corrected chi connectivity index (χ3v) is 5.76. The molecule has 0 aliphatic heterocycles. The number of hydrogen-bond donors (Lipinski definition) is 2. The summed E-state index contributed by atoms with van der Waals surface area (Å²) in [5, 5.41) is 7.23. The van der Waals surface area contributed by atoms with Crippen LogP contribution in [0.4, 0.5) is 11.4 Å². The van der Waals surface area contributed by atoms with Crippen LogP contribution in [-0.4, -0.2) is 24.1 Å². The normalized spacial score (nSPS) is 11.9. The molecule has 8 heteroatoms. The van der Waals surface area contributed by atoms with Gasteiger partial charge in [0.2, 0.25) is 5.91 Å². The van der Waals surface area contributed by atoms with Crippen LogP contribution in [0.15, 0.2) is 65.7 Å². The zero-order valence-corrected chi connectivity index (χ0v) is 18.3. The van der Waals surface area contributed by atoms with Crippen LogP contribution in [0.2, 0.25) is 0 Å². The quantitative estimate of drug-likeness (QED) is 0.623. The Morgan fingerprint density at radius 1 is 1.00 bits per heavy atom. The predicted molar refractivity (Wildman–Crippen MR) is 118 cm³/mol. The number of carbonyl (C=O) groups is 1. The molecule has 0 aliphatic carbocycles.